The molecule has 4 nitrogen and oxygen atoms in total. The van der Waals surface area contributed by atoms with Crippen molar-refractivity contribution in [2.75, 3.05) is 0 Å². The fraction of sp³-hybridized carbons (Fsp3) is 0.0952. The van der Waals surface area contributed by atoms with E-state index in [1.54, 1.807) is 36.5 Å². The first-order chi connectivity index (χ1) is 13.4. The number of hydrogen-bond acceptors (Lipinski definition) is 3. The van der Waals surface area contributed by atoms with E-state index in [1.807, 2.05) is 30.3 Å². The minimum atomic E-state index is -3.81. The molecule has 7 heteroatoms. The summed E-state index contributed by atoms with van der Waals surface area (Å²) in [5.41, 5.74) is 1.63. The van der Waals surface area contributed by atoms with E-state index in [0.717, 1.165) is 11.0 Å². The molecule has 0 saturated heterocycles. The Morgan fingerprint density at radius 1 is 1.00 bits per heavy atom. The van der Waals surface area contributed by atoms with E-state index < -0.39 is 15.8 Å². The van der Waals surface area contributed by atoms with Crippen molar-refractivity contribution in [1.82, 2.24) is 9.29 Å². The lowest BCUT2D eigenvalue weighted by Gasteiger charge is -2.20. The quantitative estimate of drug-likeness (QED) is 0.499. The largest absolute Gasteiger partial charge is 0.260 e. The summed E-state index contributed by atoms with van der Waals surface area (Å²) in [6, 6.07) is 19.0. The SMILES string of the molecule is O=S(=O)(/C=C/c1ccccc1)N(Cc1ccccn1)Cc1ccc(Br)cc1F. The maximum atomic E-state index is 14.3. The highest BCUT2D eigenvalue weighted by atomic mass is 79.9. The van der Waals surface area contributed by atoms with E-state index in [4.69, 9.17) is 0 Å². The molecule has 0 aliphatic carbocycles. The summed E-state index contributed by atoms with van der Waals surface area (Å²) in [6.07, 6.45) is 3.12. The van der Waals surface area contributed by atoms with Crippen molar-refractivity contribution in [2.24, 2.45) is 0 Å². The van der Waals surface area contributed by atoms with Crippen molar-refractivity contribution in [2.45, 2.75) is 13.1 Å². The number of benzene rings is 2. The highest BCUT2D eigenvalue weighted by Gasteiger charge is 2.22. The van der Waals surface area contributed by atoms with Crippen molar-refractivity contribution in [3.05, 3.63) is 105 Å². The van der Waals surface area contributed by atoms with Crippen molar-refractivity contribution in [3.63, 3.8) is 0 Å². The second-order valence-electron chi connectivity index (χ2n) is 6.08. The minimum absolute atomic E-state index is 0.0395. The van der Waals surface area contributed by atoms with E-state index in [1.165, 1.54) is 16.4 Å². The summed E-state index contributed by atoms with van der Waals surface area (Å²) >= 11 is 3.21. The minimum Gasteiger partial charge on any atom is -0.260 e. The van der Waals surface area contributed by atoms with E-state index in [9.17, 15) is 12.8 Å². The van der Waals surface area contributed by atoms with Gasteiger partial charge >= 0.3 is 0 Å². The molecule has 0 aliphatic heterocycles. The molecule has 3 aromatic rings. The first kappa shape index (κ1) is 20.4. The fourth-order valence-corrected chi connectivity index (χ4v) is 4.03. The molecule has 0 saturated carbocycles. The average Bonchev–Trinajstić information content (AvgIpc) is 2.69. The maximum Gasteiger partial charge on any atom is 0.236 e. The van der Waals surface area contributed by atoms with Crippen LogP contribution in [0.2, 0.25) is 0 Å². The molecule has 0 aliphatic rings. The van der Waals surface area contributed by atoms with Crippen LogP contribution in [0.1, 0.15) is 16.8 Å². The molecule has 28 heavy (non-hydrogen) atoms. The number of rotatable bonds is 7. The average molecular weight is 461 g/mol. The van der Waals surface area contributed by atoms with Crippen LogP contribution in [-0.2, 0) is 23.1 Å². The molecule has 1 heterocycles. The van der Waals surface area contributed by atoms with Gasteiger partial charge in [-0.15, -0.1) is 0 Å². The Bertz CT molecular complexity index is 1060. The molecule has 0 radical (unpaired) electrons. The van der Waals surface area contributed by atoms with Crippen LogP contribution in [0.25, 0.3) is 6.08 Å². The predicted octanol–water partition coefficient (Wildman–Crippen LogP) is 4.99. The summed E-state index contributed by atoms with van der Waals surface area (Å²) in [5, 5.41) is 1.14. The van der Waals surface area contributed by atoms with E-state index in [0.29, 0.717) is 10.2 Å². The molecule has 0 unspecified atom stereocenters. The highest BCUT2D eigenvalue weighted by molar-refractivity contribution is 9.10. The lowest BCUT2D eigenvalue weighted by atomic mass is 10.2. The first-order valence-electron chi connectivity index (χ1n) is 8.51. The maximum absolute atomic E-state index is 14.3. The molecule has 2 aromatic carbocycles. The number of pyridine rings is 1. The van der Waals surface area contributed by atoms with Crippen LogP contribution in [0, 0.1) is 5.82 Å². The van der Waals surface area contributed by atoms with Crippen LogP contribution in [-0.4, -0.2) is 17.7 Å². The second-order valence-corrected chi connectivity index (χ2v) is 8.82. The summed E-state index contributed by atoms with van der Waals surface area (Å²) < 4.78 is 42.0. The van der Waals surface area contributed by atoms with Gasteiger partial charge in [0.1, 0.15) is 5.82 Å². The van der Waals surface area contributed by atoms with Crippen molar-refractivity contribution >= 4 is 32.0 Å². The Morgan fingerprint density at radius 3 is 2.43 bits per heavy atom. The van der Waals surface area contributed by atoms with Gasteiger partial charge in [-0.1, -0.05) is 58.4 Å². The third-order valence-electron chi connectivity index (χ3n) is 4.02. The van der Waals surface area contributed by atoms with Crippen LogP contribution >= 0.6 is 15.9 Å². The molecule has 0 fully saturated rings. The van der Waals surface area contributed by atoms with E-state index >= 15 is 0 Å². The van der Waals surface area contributed by atoms with Gasteiger partial charge in [0, 0.05) is 28.2 Å². The Morgan fingerprint density at radius 2 is 1.75 bits per heavy atom. The molecule has 1 aromatic heterocycles. The fourth-order valence-electron chi connectivity index (χ4n) is 2.56. The number of halogens is 2. The van der Waals surface area contributed by atoms with Crippen LogP contribution < -0.4 is 0 Å². The van der Waals surface area contributed by atoms with E-state index in [2.05, 4.69) is 20.9 Å². The predicted molar refractivity (Wildman–Crippen MR) is 112 cm³/mol. The van der Waals surface area contributed by atoms with Crippen molar-refractivity contribution < 1.29 is 12.8 Å². The van der Waals surface area contributed by atoms with Gasteiger partial charge in [0.25, 0.3) is 0 Å². The van der Waals surface area contributed by atoms with Crippen LogP contribution in [0.3, 0.4) is 0 Å². The van der Waals surface area contributed by atoms with Gasteiger partial charge < -0.3 is 0 Å². The smallest absolute Gasteiger partial charge is 0.236 e. The molecular weight excluding hydrogens is 443 g/mol. The van der Waals surface area contributed by atoms with Crippen LogP contribution in [0.4, 0.5) is 4.39 Å². The Hall–Kier alpha value is -2.35. The Kier molecular flexibility index (Phi) is 6.72. The molecule has 0 N–H and O–H groups in total. The zero-order valence-corrected chi connectivity index (χ0v) is 17.3. The molecular formula is C21H18BrFN2O2S. The van der Waals surface area contributed by atoms with Gasteiger partial charge in [-0.25, -0.2) is 12.8 Å². The molecule has 0 amide bonds. The zero-order chi connectivity index (χ0) is 20.0. The molecule has 3 rings (SSSR count). The van der Waals surface area contributed by atoms with Crippen LogP contribution in [0.5, 0.6) is 0 Å². The van der Waals surface area contributed by atoms with Crippen LogP contribution in [0.15, 0.2) is 82.8 Å². The monoisotopic (exact) mass is 460 g/mol. The van der Waals surface area contributed by atoms with Gasteiger partial charge in [0.15, 0.2) is 0 Å². The molecule has 0 spiro atoms. The summed E-state index contributed by atoms with van der Waals surface area (Å²) in [5.74, 6) is -0.470. The lowest BCUT2D eigenvalue weighted by molar-refractivity contribution is 0.395. The summed E-state index contributed by atoms with van der Waals surface area (Å²) in [6.45, 7) is -0.0606. The number of hydrogen-bond donors (Lipinski definition) is 0. The van der Waals surface area contributed by atoms with Gasteiger partial charge in [-0.2, -0.15) is 4.31 Å². The van der Waals surface area contributed by atoms with Gasteiger partial charge in [0.2, 0.25) is 10.0 Å². The highest BCUT2D eigenvalue weighted by Crippen LogP contribution is 2.20. The van der Waals surface area contributed by atoms with Crippen molar-refractivity contribution in [3.8, 4) is 0 Å². The Balaban J connectivity index is 1.91. The van der Waals surface area contributed by atoms with E-state index in [-0.39, 0.29) is 18.7 Å². The molecule has 144 valence electrons. The third-order valence-corrected chi connectivity index (χ3v) is 5.97. The first-order valence-corrected chi connectivity index (χ1v) is 10.8. The normalized spacial score (nSPS) is 12.0. The Labute approximate surface area is 172 Å². The zero-order valence-electron chi connectivity index (χ0n) is 14.9. The standard InChI is InChI=1S/C21H18BrFN2O2S/c22-19-10-9-18(21(23)14-19)15-25(16-20-8-4-5-12-24-20)28(26,27)13-11-17-6-2-1-3-7-17/h1-14H,15-16H2/b13-11+. The number of sulfonamides is 1. The molecule has 0 bridgehead atoms. The van der Waals surface area contributed by atoms with Gasteiger partial charge in [0.05, 0.1) is 12.2 Å². The molecule has 0 atom stereocenters. The number of aromatic nitrogens is 1. The second kappa shape index (κ2) is 9.23. The number of nitrogens with zero attached hydrogens (tertiary/aromatic N) is 2. The summed E-state index contributed by atoms with van der Waals surface area (Å²) in [7, 11) is -3.81. The summed E-state index contributed by atoms with van der Waals surface area (Å²) in [4.78, 5) is 4.20. The third kappa shape index (κ3) is 5.58. The van der Waals surface area contributed by atoms with Gasteiger partial charge in [-0.3, -0.25) is 4.98 Å². The van der Waals surface area contributed by atoms with Crippen molar-refractivity contribution in [1.29, 1.82) is 0 Å². The topological polar surface area (TPSA) is 50.3 Å². The lowest BCUT2D eigenvalue weighted by Crippen LogP contribution is -2.29. The van der Waals surface area contributed by atoms with Gasteiger partial charge in [-0.05, 0) is 35.9 Å².